The van der Waals surface area contributed by atoms with Crippen LogP contribution in [0.5, 0.6) is 0 Å². The zero-order chi connectivity index (χ0) is 11.7. The van der Waals surface area contributed by atoms with Crippen molar-refractivity contribution >= 4 is 44.3 Å². The summed E-state index contributed by atoms with van der Waals surface area (Å²) in [5.41, 5.74) is 1.47. The first-order valence-corrected chi connectivity index (χ1v) is 6.46. The van der Waals surface area contributed by atoms with Gasteiger partial charge in [-0.1, -0.05) is 15.9 Å². The molecule has 0 amide bonds. The van der Waals surface area contributed by atoms with Gasteiger partial charge >= 0.3 is 0 Å². The summed E-state index contributed by atoms with van der Waals surface area (Å²) in [7, 11) is 0. The van der Waals surface area contributed by atoms with Gasteiger partial charge in [-0.15, -0.1) is 0 Å². The van der Waals surface area contributed by atoms with Crippen LogP contribution in [-0.2, 0) is 0 Å². The van der Waals surface area contributed by atoms with Crippen LogP contribution in [0, 0.1) is 3.57 Å². The smallest absolute Gasteiger partial charge is 0.161 e. The minimum Gasteiger partial charge on any atom is -0.294 e. The molecule has 0 saturated heterocycles. The Bertz CT molecular complexity index is 551. The van der Waals surface area contributed by atoms with Crippen LogP contribution in [0.3, 0.4) is 0 Å². The fourth-order valence-electron chi connectivity index (χ4n) is 1.42. The molecule has 0 atom stereocenters. The highest BCUT2D eigenvalue weighted by Gasteiger charge is 2.10. The van der Waals surface area contributed by atoms with Gasteiger partial charge in [0, 0.05) is 16.2 Å². The maximum absolute atomic E-state index is 11.5. The van der Waals surface area contributed by atoms with Gasteiger partial charge in [0.25, 0.3) is 0 Å². The minimum atomic E-state index is 0.0352. The van der Waals surface area contributed by atoms with Crippen LogP contribution >= 0.6 is 38.5 Å². The number of carbonyl (C=O) groups is 1. The van der Waals surface area contributed by atoms with Crippen LogP contribution in [0.25, 0.3) is 5.69 Å². The number of benzene rings is 1. The molecule has 82 valence electrons. The van der Waals surface area contributed by atoms with Crippen molar-refractivity contribution in [2.45, 2.75) is 6.92 Å². The standard InChI is InChI=1S/C11H8BrIN2O/c1-7(16)10-3-2-8(12)4-11(10)15-6-9(13)5-14-15/h2-6H,1H3. The van der Waals surface area contributed by atoms with Crippen molar-refractivity contribution in [3.63, 3.8) is 0 Å². The van der Waals surface area contributed by atoms with Crippen molar-refractivity contribution in [1.82, 2.24) is 9.78 Å². The molecule has 0 N–H and O–H groups in total. The summed E-state index contributed by atoms with van der Waals surface area (Å²) in [5, 5.41) is 4.21. The second kappa shape index (κ2) is 4.67. The van der Waals surface area contributed by atoms with E-state index in [1.807, 2.05) is 18.3 Å². The molecule has 16 heavy (non-hydrogen) atoms. The van der Waals surface area contributed by atoms with Crippen molar-refractivity contribution in [3.8, 4) is 5.69 Å². The highest BCUT2D eigenvalue weighted by atomic mass is 127. The molecule has 0 spiro atoms. The largest absolute Gasteiger partial charge is 0.294 e. The highest BCUT2D eigenvalue weighted by Crippen LogP contribution is 2.21. The van der Waals surface area contributed by atoms with Gasteiger partial charge in [-0.05, 0) is 47.7 Å². The summed E-state index contributed by atoms with van der Waals surface area (Å²) in [5.74, 6) is 0.0352. The summed E-state index contributed by atoms with van der Waals surface area (Å²) >= 11 is 5.58. The van der Waals surface area contributed by atoms with Gasteiger partial charge < -0.3 is 0 Å². The van der Waals surface area contributed by atoms with E-state index < -0.39 is 0 Å². The Kier molecular flexibility index (Phi) is 3.44. The maximum Gasteiger partial charge on any atom is 0.161 e. The summed E-state index contributed by atoms with van der Waals surface area (Å²) in [6.45, 7) is 1.56. The van der Waals surface area contributed by atoms with E-state index in [0.717, 1.165) is 13.7 Å². The normalized spacial score (nSPS) is 10.4. The number of rotatable bonds is 2. The van der Waals surface area contributed by atoms with Crippen LogP contribution < -0.4 is 0 Å². The van der Waals surface area contributed by atoms with Crippen molar-refractivity contribution in [2.75, 3.05) is 0 Å². The third-order valence-corrected chi connectivity index (χ3v) is 3.19. The number of ketones is 1. The molecule has 0 saturated carbocycles. The molecule has 1 aromatic carbocycles. The molecule has 0 fully saturated rings. The van der Waals surface area contributed by atoms with Crippen molar-refractivity contribution in [1.29, 1.82) is 0 Å². The second-order valence-electron chi connectivity index (χ2n) is 3.32. The number of nitrogens with zero attached hydrogens (tertiary/aromatic N) is 2. The first kappa shape index (κ1) is 11.8. The molecule has 5 heteroatoms. The molecular formula is C11H8BrIN2O. The van der Waals surface area contributed by atoms with E-state index in [4.69, 9.17) is 0 Å². The van der Waals surface area contributed by atoms with Gasteiger partial charge in [-0.2, -0.15) is 5.10 Å². The Morgan fingerprint density at radius 3 is 2.81 bits per heavy atom. The minimum absolute atomic E-state index is 0.0352. The molecule has 0 aliphatic rings. The fourth-order valence-corrected chi connectivity index (χ4v) is 2.16. The number of hydrogen-bond donors (Lipinski definition) is 0. The zero-order valence-electron chi connectivity index (χ0n) is 8.45. The van der Waals surface area contributed by atoms with E-state index in [0.29, 0.717) is 5.56 Å². The molecule has 0 unspecified atom stereocenters. The van der Waals surface area contributed by atoms with Crippen molar-refractivity contribution in [3.05, 3.63) is 44.2 Å². The van der Waals surface area contributed by atoms with E-state index in [2.05, 4.69) is 43.6 Å². The topological polar surface area (TPSA) is 34.9 Å². The molecule has 1 aromatic heterocycles. The molecule has 2 rings (SSSR count). The van der Waals surface area contributed by atoms with Crippen LogP contribution in [0.15, 0.2) is 35.1 Å². The van der Waals surface area contributed by atoms with E-state index in [1.165, 1.54) is 0 Å². The molecule has 0 radical (unpaired) electrons. The molecule has 1 heterocycles. The Balaban J connectivity index is 2.62. The predicted octanol–water partition coefficient (Wildman–Crippen LogP) is 3.44. The maximum atomic E-state index is 11.5. The van der Waals surface area contributed by atoms with Crippen LogP contribution in [0.2, 0.25) is 0 Å². The Hall–Kier alpha value is -0.690. The number of Topliss-reactive ketones (excluding diaryl/α,β-unsaturated/α-hetero) is 1. The van der Waals surface area contributed by atoms with E-state index in [1.54, 1.807) is 23.9 Å². The third-order valence-electron chi connectivity index (χ3n) is 2.14. The molecule has 0 aliphatic carbocycles. The third kappa shape index (κ3) is 2.35. The first-order valence-electron chi connectivity index (χ1n) is 4.59. The zero-order valence-corrected chi connectivity index (χ0v) is 12.2. The lowest BCUT2D eigenvalue weighted by Crippen LogP contribution is -2.03. The second-order valence-corrected chi connectivity index (χ2v) is 5.48. The lowest BCUT2D eigenvalue weighted by Gasteiger charge is -2.07. The average molecular weight is 391 g/mol. The highest BCUT2D eigenvalue weighted by molar-refractivity contribution is 14.1. The van der Waals surface area contributed by atoms with Gasteiger partial charge in [0.1, 0.15) is 0 Å². The van der Waals surface area contributed by atoms with Crippen LogP contribution in [0.1, 0.15) is 17.3 Å². The first-order chi connectivity index (χ1) is 7.58. The molecular weight excluding hydrogens is 383 g/mol. The Morgan fingerprint density at radius 1 is 1.50 bits per heavy atom. The Labute approximate surface area is 115 Å². The van der Waals surface area contributed by atoms with E-state index in [-0.39, 0.29) is 5.78 Å². The number of carbonyl (C=O) groups excluding carboxylic acids is 1. The number of aromatic nitrogens is 2. The fraction of sp³-hybridized carbons (Fsp3) is 0.0909. The van der Waals surface area contributed by atoms with Gasteiger partial charge in [0.2, 0.25) is 0 Å². The number of halogens is 2. The van der Waals surface area contributed by atoms with E-state index in [9.17, 15) is 4.79 Å². The number of hydrogen-bond acceptors (Lipinski definition) is 2. The molecule has 0 aliphatic heterocycles. The SMILES string of the molecule is CC(=O)c1ccc(Br)cc1-n1cc(I)cn1. The Morgan fingerprint density at radius 2 is 2.25 bits per heavy atom. The van der Waals surface area contributed by atoms with E-state index >= 15 is 0 Å². The van der Waals surface area contributed by atoms with Crippen LogP contribution in [0.4, 0.5) is 0 Å². The summed E-state index contributed by atoms with van der Waals surface area (Å²) < 4.78 is 3.67. The van der Waals surface area contributed by atoms with Crippen LogP contribution in [-0.4, -0.2) is 15.6 Å². The van der Waals surface area contributed by atoms with Gasteiger partial charge in [-0.25, -0.2) is 4.68 Å². The van der Waals surface area contributed by atoms with Gasteiger partial charge in [0.05, 0.1) is 15.5 Å². The summed E-state index contributed by atoms with van der Waals surface area (Å²) in [4.78, 5) is 11.5. The summed E-state index contributed by atoms with van der Waals surface area (Å²) in [6, 6.07) is 5.55. The molecule has 3 nitrogen and oxygen atoms in total. The lowest BCUT2D eigenvalue weighted by molar-refractivity contribution is 0.101. The van der Waals surface area contributed by atoms with Crippen molar-refractivity contribution < 1.29 is 4.79 Å². The quantitative estimate of drug-likeness (QED) is 0.581. The predicted molar refractivity (Wildman–Crippen MR) is 74.0 cm³/mol. The molecule has 0 bridgehead atoms. The lowest BCUT2D eigenvalue weighted by atomic mass is 10.1. The van der Waals surface area contributed by atoms with Gasteiger partial charge in [0.15, 0.2) is 5.78 Å². The van der Waals surface area contributed by atoms with Gasteiger partial charge in [-0.3, -0.25) is 4.79 Å². The van der Waals surface area contributed by atoms with Crippen molar-refractivity contribution in [2.24, 2.45) is 0 Å². The average Bonchev–Trinajstić information content (AvgIpc) is 2.64. The molecule has 2 aromatic rings. The summed E-state index contributed by atoms with van der Waals surface area (Å²) in [6.07, 6.45) is 3.64. The monoisotopic (exact) mass is 390 g/mol.